The van der Waals surface area contributed by atoms with Crippen molar-refractivity contribution < 1.29 is 4.74 Å². The van der Waals surface area contributed by atoms with E-state index in [1.807, 2.05) is 124 Å². The zero-order valence-corrected chi connectivity index (χ0v) is 58.8. The van der Waals surface area contributed by atoms with Crippen molar-refractivity contribution in [2.45, 2.75) is 73.0 Å². The van der Waals surface area contributed by atoms with Gasteiger partial charge in [-0.15, -0.1) is 0 Å². The molecular formula is C79H102N22O. The minimum Gasteiger partial charge on any atom is -0.489 e. The highest BCUT2D eigenvalue weighted by atomic mass is 16.5. The number of piperazine rings is 3. The largest absolute Gasteiger partial charge is 0.489 e. The second kappa shape index (κ2) is 36.4. The maximum Gasteiger partial charge on any atom is 0.229 e. The van der Waals surface area contributed by atoms with Gasteiger partial charge in [-0.3, -0.25) is 14.9 Å². The minimum atomic E-state index is 0. The van der Waals surface area contributed by atoms with Crippen molar-refractivity contribution >= 4 is 81.5 Å². The molecule has 0 spiro atoms. The summed E-state index contributed by atoms with van der Waals surface area (Å²) in [7, 11) is 12.0. The van der Waals surface area contributed by atoms with E-state index in [-0.39, 0.29) is 14.9 Å². The van der Waals surface area contributed by atoms with E-state index in [1.165, 1.54) is 48.8 Å². The molecular weight excluding hydrogens is 1270 g/mol. The lowest BCUT2D eigenvalue weighted by Gasteiger charge is -2.35. The highest BCUT2D eigenvalue weighted by Crippen LogP contribution is 2.34. The second-order valence-corrected chi connectivity index (χ2v) is 26.2. The summed E-state index contributed by atoms with van der Waals surface area (Å²) in [5, 5.41) is 10.4. The molecule has 5 aromatic heterocycles. The van der Waals surface area contributed by atoms with E-state index >= 15 is 0 Å². The fourth-order valence-electron chi connectivity index (χ4n) is 12.5. The zero-order valence-electron chi connectivity index (χ0n) is 58.8. The molecule has 14 rings (SSSR count). The Hall–Kier alpha value is -10.9. The summed E-state index contributed by atoms with van der Waals surface area (Å²) in [5.41, 5.74) is 8.19. The number of hydrogen-bond acceptors (Lipinski definition) is 23. The Morgan fingerprint density at radius 2 is 0.833 bits per heavy atom. The summed E-state index contributed by atoms with van der Waals surface area (Å²) in [4.78, 5) is 66.0. The van der Waals surface area contributed by atoms with E-state index in [1.54, 1.807) is 31.0 Å². The summed E-state index contributed by atoms with van der Waals surface area (Å²) < 4.78 is 5.99. The van der Waals surface area contributed by atoms with Gasteiger partial charge in [0, 0.05) is 193 Å². The number of benzene rings is 5. The van der Waals surface area contributed by atoms with E-state index in [0.717, 1.165) is 172 Å². The molecule has 5 aromatic carbocycles. The smallest absolute Gasteiger partial charge is 0.229 e. The van der Waals surface area contributed by atoms with Gasteiger partial charge in [0.15, 0.2) is 0 Å². The fraction of sp³-hybridized carbons (Fsp3) is 0.367. The van der Waals surface area contributed by atoms with Crippen LogP contribution in [0.3, 0.4) is 0 Å². The van der Waals surface area contributed by atoms with Crippen molar-refractivity contribution in [3.05, 3.63) is 211 Å². The van der Waals surface area contributed by atoms with Gasteiger partial charge in [0.1, 0.15) is 58.9 Å². The number of rotatable bonds is 20. The SMILES string of the molecule is C.C.CN(C)c1cc(Nc2ccc(C3CCCCC3)cc2)nc(N2CCN(c3cnccn3)CC2)n1.CN(C)c1cc(Nc2cccc(OCc3ccccc3)c2)nc(N2CCN(c3cnccn3)CC2)n1.Cc1ccc(Nc2cc(N(C)C)nc(N3CCN(Cc4ccccc4)CC3)n2)cc1. The van der Waals surface area contributed by atoms with Crippen LogP contribution in [-0.4, -0.2) is 176 Å². The van der Waals surface area contributed by atoms with E-state index in [2.05, 4.69) is 163 Å². The van der Waals surface area contributed by atoms with E-state index in [0.29, 0.717) is 18.5 Å². The van der Waals surface area contributed by atoms with E-state index in [4.69, 9.17) is 34.6 Å². The Bertz CT molecular complexity index is 4110. The summed E-state index contributed by atoms with van der Waals surface area (Å²) in [6.07, 6.45) is 17.2. The first kappa shape index (κ1) is 73.8. The normalized spacial score (nSPS) is 14.7. The molecule has 1 aliphatic carbocycles. The predicted molar refractivity (Wildman–Crippen MR) is 420 cm³/mol. The number of nitrogens with zero attached hydrogens (tertiary/aromatic N) is 19. The topological polar surface area (TPSA) is 203 Å². The Morgan fingerprint density at radius 1 is 0.412 bits per heavy atom. The summed E-state index contributed by atoms with van der Waals surface area (Å²) >= 11 is 0. The van der Waals surface area contributed by atoms with Crippen LogP contribution >= 0.6 is 0 Å². The highest BCUT2D eigenvalue weighted by molar-refractivity contribution is 5.66. The van der Waals surface area contributed by atoms with Crippen LogP contribution in [0.25, 0.3) is 0 Å². The van der Waals surface area contributed by atoms with E-state index < -0.39 is 0 Å². The Labute approximate surface area is 603 Å². The van der Waals surface area contributed by atoms with Crippen molar-refractivity contribution in [1.82, 2.24) is 54.7 Å². The minimum absolute atomic E-state index is 0. The number of nitrogens with one attached hydrogen (secondary N) is 3. The highest BCUT2D eigenvalue weighted by Gasteiger charge is 2.25. The standard InChI is InChI=1S/C27H30N8O.C26H34N8.C24H30N6.2CH4/c1-33(2)25-18-24(30-22-9-6-10-23(17-22)36-20-21-7-4-3-5-8-21)31-27(32-25)35-15-13-34(14-16-35)26-19-28-11-12-29-26;1-32(2)24-18-23(29-22-10-8-21(9-11-22)20-6-4-3-5-7-20)30-26(31-24)34-16-14-33(15-17-34)25-19-27-12-13-28-25;1-19-9-11-21(12-10-19)25-22-17-23(28(2)3)27-24(26-22)30-15-13-29(14-16-30)18-20-7-5-4-6-8-20;;/h3-12,17-19H,13-16,20H2,1-2H3,(H,30,31,32);8-13,18-20H,3-7,14-17H2,1-2H3,(H,29,30,31);4-12,17H,13-16,18H2,1-3H3,(H,25,26,27);2*1H4. The van der Waals surface area contributed by atoms with Crippen molar-refractivity contribution in [3.63, 3.8) is 0 Å². The molecule has 0 radical (unpaired) electrons. The van der Waals surface area contributed by atoms with Crippen molar-refractivity contribution in [2.24, 2.45) is 0 Å². The monoisotopic (exact) mass is 1370 g/mol. The number of ether oxygens (including phenoxy) is 1. The average molecular weight is 1380 g/mol. The summed E-state index contributed by atoms with van der Waals surface area (Å²) in [6, 6.07) is 52.0. The van der Waals surface area contributed by atoms with Gasteiger partial charge in [-0.2, -0.15) is 29.9 Å². The number of aryl methyl sites for hydroxylation is 1. The van der Waals surface area contributed by atoms with Crippen LogP contribution in [0.5, 0.6) is 5.75 Å². The zero-order chi connectivity index (χ0) is 69.0. The van der Waals surface area contributed by atoms with Crippen LogP contribution in [0, 0.1) is 6.92 Å². The average Bonchev–Trinajstić information content (AvgIpc) is 0.826. The molecule has 3 N–H and O–H groups in total. The van der Waals surface area contributed by atoms with Crippen LogP contribution in [0.2, 0.25) is 0 Å². The summed E-state index contributed by atoms with van der Waals surface area (Å²) in [6.45, 7) is 14.1. The fourth-order valence-corrected chi connectivity index (χ4v) is 12.5. The quantitative estimate of drug-likeness (QED) is 0.0649. The van der Waals surface area contributed by atoms with Crippen LogP contribution in [0.15, 0.2) is 189 Å². The Kier molecular flexibility index (Phi) is 26.3. The first-order valence-electron chi connectivity index (χ1n) is 34.8. The third-order valence-electron chi connectivity index (χ3n) is 18.2. The number of anilines is 14. The van der Waals surface area contributed by atoms with Gasteiger partial charge in [-0.25, -0.2) is 9.97 Å². The molecule has 3 aliphatic heterocycles. The van der Waals surface area contributed by atoms with Gasteiger partial charge >= 0.3 is 0 Å². The van der Waals surface area contributed by atoms with Crippen LogP contribution in [0.1, 0.15) is 75.1 Å². The molecule has 0 bridgehead atoms. The maximum atomic E-state index is 5.99. The van der Waals surface area contributed by atoms with Crippen molar-refractivity contribution in [3.8, 4) is 5.75 Å². The van der Waals surface area contributed by atoms with Crippen LogP contribution in [-0.2, 0) is 13.2 Å². The first-order chi connectivity index (χ1) is 48.9. The number of hydrogen-bond donors (Lipinski definition) is 3. The van der Waals surface area contributed by atoms with Gasteiger partial charge in [0.05, 0.1) is 12.4 Å². The third-order valence-corrected chi connectivity index (χ3v) is 18.2. The van der Waals surface area contributed by atoms with Gasteiger partial charge in [-0.05, 0) is 78.8 Å². The molecule has 1 saturated carbocycles. The molecule has 0 atom stereocenters. The maximum absolute atomic E-state index is 5.99. The van der Waals surface area contributed by atoms with Crippen molar-refractivity contribution in [1.29, 1.82) is 0 Å². The molecule has 4 aliphatic rings. The van der Waals surface area contributed by atoms with Gasteiger partial charge in [0.2, 0.25) is 17.8 Å². The molecule has 102 heavy (non-hydrogen) atoms. The summed E-state index contributed by atoms with van der Waals surface area (Å²) in [5.74, 6) is 10.6. The van der Waals surface area contributed by atoms with E-state index in [9.17, 15) is 0 Å². The molecule has 534 valence electrons. The van der Waals surface area contributed by atoms with Crippen molar-refractivity contribution in [2.75, 3.05) is 176 Å². The first-order valence-corrected chi connectivity index (χ1v) is 34.8. The third kappa shape index (κ3) is 20.8. The number of aromatic nitrogens is 10. The lowest BCUT2D eigenvalue weighted by molar-refractivity contribution is 0.249. The molecule has 0 amide bonds. The molecule has 10 aromatic rings. The second-order valence-electron chi connectivity index (χ2n) is 26.2. The molecule has 23 nitrogen and oxygen atoms in total. The molecule has 4 fully saturated rings. The molecule has 23 heteroatoms. The Morgan fingerprint density at radius 3 is 1.27 bits per heavy atom. The van der Waals surface area contributed by atoms with Crippen LogP contribution < -0.4 is 59.9 Å². The molecule has 3 saturated heterocycles. The Balaban J connectivity index is 0.000000164. The van der Waals surface area contributed by atoms with Gasteiger partial charge in [-0.1, -0.05) is 131 Å². The van der Waals surface area contributed by atoms with Gasteiger partial charge < -0.3 is 59.9 Å². The molecule has 8 heterocycles. The lowest BCUT2D eigenvalue weighted by atomic mass is 9.84. The van der Waals surface area contributed by atoms with Crippen LogP contribution in [0.4, 0.5) is 81.5 Å². The predicted octanol–water partition coefficient (Wildman–Crippen LogP) is 13.6. The van der Waals surface area contributed by atoms with Gasteiger partial charge in [0.25, 0.3) is 0 Å². The molecule has 0 unspecified atom stereocenters. The lowest BCUT2D eigenvalue weighted by Crippen LogP contribution is -2.47.